The van der Waals surface area contributed by atoms with E-state index in [0.29, 0.717) is 23.2 Å². The molecule has 3 aliphatic heterocycles. The van der Waals surface area contributed by atoms with Gasteiger partial charge in [0.1, 0.15) is 29.0 Å². The van der Waals surface area contributed by atoms with Crippen molar-refractivity contribution in [3.05, 3.63) is 145 Å². The average molecular weight is 1450 g/mol. The molecule has 31 heteroatoms. The summed E-state index contributed by atoms with van der Waals surface area (Å²) in [6.07, 6.45) is 4.54. The number of nitrogens with zero attached hydrogens (tertiary/aromatic N) is 5. The number of aliphatic carboxylic acids is 1. The maximum Gasteiger partial charge on any atom is 0.336 e. The highest BCUT2D eigenvalue weighted by molar-refractivity contribution is 7.98. The zero-order valence-corrected chi connectivity index (χ0v) is 59.9. The van der Waals surface area contributed by atoms with Gasteiger partial charge in [-0.3, -0.25) is 47.9 Å². The van der Waals surface area contributed by atoms with Gasteiger partial charge in [0.25, 0.3) is 20.2 Å². The number of carboxylic acids is 2. The number of thioether (sulfide) groups is 1. The number of nitrogens with one attached hydrogen (secondary N) is 4. The summed E-state index contributed by atoms with van der Waals surface area (Å²) in [4.78, 5) is 124. The van der Waals surface area contributed by atoms with Crippen molar-refractivity contribution in [3.8, 4) is 11.5 Å². The quantitative estimate of drug-likeness (QED) is 0.00280. The van der Waals surface area contributed by atoms with E-state index in [9.17, 15) is 74.5 Å². The Morgan fingerprint density at radius 2 is 1.39 bits per heavy atom. The number of carboxylic acid groups (broad SMARTS) is 2. The van der Waals surface area contributed by atoms with Crippen LogP contribution in [0.5, 0.6) is 11.5 Å². The van der Waals surface area contributed by atoms with E-state index in [1.807, 2.05) is 0 Å². The van der Waals surface area contributed by atoms with Crippen molar-refractivity contribution in [1.82, 2.24) is 16.0 Å². The molecule has 4 aromatic carbocycles. The molecule has 3 amide bonds. The number of anilines is 1. The van der Waals surface area contributed by atoms with Crippen LogP contribution in [0.25, 0.3) is 27.2 Å². The number of carbonyl (C=O) groups excluding carboxylic acids is 6. The Kier molecular flexibility index (Phi) is 26.6. The zero-order chi connectivity index (χ0) is 74.5. The largest absolute Gasteiger partial charge is 0.480 e. The lowest BCUT2D eigenvalue weighted by atomic mass is 9.83. The maximum atomic E-state index is 15.0. The van der Waals surface area contributed by atoms with E-state index in [2.05, 4.69) is 36.3 Å². The SMILES string of the molecule is CCC(C)C(NC(=O)C(CCCCN=[N+]=[N-])CC(=O)c1ccc(C2=c3cc4c(cc3Oc3cc5c(cc32)C(CS(=O)(=O)O)=CC(C)(C)N5)=NC(C)(C)C=C4CS(=O)(=O)O)c(C(=O)O)c1)C(=O)CC(Cc1ccccc1)C(=O)NC(CCCN=C(N)N)C(=O)CC(C)C(=O)NC(CSC)C(=O)O. The van der Waals surface area contributed by atoms with Crippen LogP contribution < -0.4 is 48.0 Å². The first-order valence-electron chi connectivity index (χ1n) is 32.9. The van der Waals surface area contributed by atoms with Gasteiger partial charge in [0.15, 0.2) is 23.3 Å². The van der Waals surface area contributed by atoms with Crippen molar-refractivity contribution in [1.29, 1.82) is 0 Å². The van der Waals surface area contributed by atoms with Crippen LogP contribution in [0.2, 0.25) is 0 Å². The molecule has 7 atom stereocenters. The van der Waals surface area contributed by atoms with Crippen LogP contribution in [0.3, 0.4) is 0 Å². The van der Waals surface area contributed by atoms with Gasteiger partial charge >= 0.3 is 11.9 Å². The molecule has 542 valence electrons. The number of amides is 3. The molecule has 0 saturated carbocycles. The van der Waals surface area contributed by atoms with Gasteiger partial charge in [-0.2, -0.15) is 28.6 Å². The van der Waals surface area contributed by atoms with Gasteiger partial charge in [0.2, 0.25) is 17.7 Å². The van der Waals surface area contributed by atoms with E-state index >= 15 is 0 Å². The number of Topliss-reactive ketones (excluding diaryl/α,β-unsaturated/α-hetero) is 3. The number of azide groups is 1. The van der Waals surface area contributed by atoms with E-state index in [1.165, 1.54) is 30.8 Å². The minimum Gasteiger partial charge on any atom is -0.480 e. The predicted octanol–water partition coefficient (Wildman–Crippen LogP) is 6.98. The fourth-order valence-electron chi connectivity index (χ4n) is 12.6. The fraction of sp³-hybridized carbons (Fsp3) is 0.457. The molecule has 0 spiro atoms. The number of carbonyl (C=O) groups is 8. The van der Waals surface area contributed by atoms with Crippen LogP contribution in [0.4, 0.5) is 5.69 Å². The first kappa shape index (κ1) is 79.1. The van der Waals surface area contributed by atoms with Crippen molar-refractivity contribution in [2.45, 2.75) is 142 Å². The van der Waals surface area contributed by atoms with Gasteiger partial charge in [-0.1, -0.05) is 93.3 Å². The second-order valence-electron chi connectivity index (χ2n) is 26.8. The summed E-state index contributed by atoms with van der Waals surface area (Å²) in [7, 11) is -9.28. The van der Waals surface area contributed by atoms with Crippen molar-refractivity contribution in [3.63, 3.8) is 0 Å². The molecule has 7 rings (SSSR count). The summed E-state index contributed by atoms with van der Waals surface area (Å²) in [6, 6.07) is 15.2. The Balaban J connectivity index is 1.25. The molecule has 7 unspecified atom stereocenters. The number of rotatable bonds is 37. The van der Waals surface area contributed by atoms with Gasteiger partial charge < -0.3 is 47.7 Å². The summed E-state index contributed by atoms with van der Waals surface area (Å²) in [5.41, 5.74) is 20.1. The van der Waals surface area contributed by atoms with Crippen LogP contribution in [-0.2, 0) is 55.4 Å². The van der Waals surface area contributed by atoms with Crippen molar-refractivity contribution < 1.29 is 79.2 Å². The van der Waals surface area contributed by atoms with Gasteiger partial charge in [-0.25, -0.2) is 9.59 Å². The minimum atomic E-state index is -4.65. The van der Waals surface area contributed by atoms with Crippen LogP contribution >= 0.6 is 11.8 Å². The van der Waals surface area contributed by atoms with Crippen LogP contribution in [-0.4, -0.2) is 155 Å². The van der Waals surface area contributed by atoms with Gasteiger partial charge in [0.05, 0.1) is 34.1 Å². The van der Waals surface area contributed by atoms with Crippen molar-refractivity contribution >= 4 is 107 Å². The number of guanidine groups is 1. The first-order chi connectivity index (χ1) is 47.4. The third kappa shape index (κ3) is 21.9. The molecular formula is C70H87N11O17S3. The van der Waals surface area contributed by atoms with Crippen LogP contribution in [0.1, 0.15) is 155 Å². The number of hydrogen-bond acceptors (Lipinski definition) is 18. The van der Waals surface area contributed by atoms with E-state index in [1.54, 1.807) is 115 Å². The zero-order valence-electron chi connectivity index (χ0n) is 57.4. The van der Waals surface area contributed by atoms with Gasteiger partial charge in [0, 0.05) is 112 Å². The van der Waals surface area contributed by atoms with Gasteiger partial charge in [-0.05, 0) is 118 Å². The summed E-state index contributed by atoms with van der Waals surface area (Å²) < 4.78 is 77.1. The van der Waals surface area contributed by atoms with E-state index < -0.39 is 156 Å². The maximum absolute atomic E-state index is 15.0. The normalized spacial score (nSPS) is 16.1. The third-order valence-electron chi connectivity index (χ3n) is 17.6. The first-order valence-corrected chi connectivity index (χ1v) is 37.5. The molecule has 0 aliphatic carbocycles. The second-order valence-corrected chi connectivity index (χ2v) is 30.7. The number of hydrogen-bond donors (Lipinski definition) is 10. The molecular weight excluding hydrogens is 1360 g/mol. The molecule has 101 heavy (non-hydrogen) atoms. The van der Waals surface area contributed by atoms with Crippen LogP contribution in [0, 0.1) is 23.7 Å². The molecule has 12 N–H and O–H groups in total. The molecule has 0 saturated heterocycles. The molecule has 0 bridgehead atoms. The van der Waals surface area contributed by atoms with E-state index in [0.717, 1.165) is 6.07 Å². The highest BCUT2D eigenvalue weighted by atomic mass is 32.2. The Bertz CT molecular complexity index is 4410. The van der Waals surface area contributed by atoms with E-state index in [-0.39, 0.29) is 124 Å². The molecule has 3 heterocycles. The number of nitrogens with two attached hydrogens (primary N) is 2. The molecule has 0 fully saturated rings. The average Bonchev–Trinajstić information content (AvgIpc) is 0.723. The number of aliphatic imine (C=N–C) groups is 1. The molecule has 0 aromatic heterocycles. The number of ketones is 3. The molecule has 4 aromatic rings. The van der Waals surface area contributed by atoms with E-state index in [4.69, 9.17) is 26.7 Å². The number of fused-ring (bicyclic) bond motifs is 4. The Morgan fingerprint density at radius 1 is 0.723 bits per heavy atom. The number of benzene rings is 4. The smallest absolute Gasteiger partial charge is 0.336 e. The topological polar surface area (TPSA) is 469 Å². The highest BCUT2D eigenvalue weighted by Gasteiger charge is 2.38. The van der Waals surface area contributed by atoms with Crippen LogP contribution in [0.15, 0.2) is 100 Å². The summed E-state index contributed by atoms with van der Waals surface area (Å²) >= 11 is 1.20. The molecule has 3 aliphatic rings. The lowest BCUT2D eigenvalue weighted by Crippen LogP contribution is -2.50. The standard InChI is InChI=1S/C70H87N11O17S3/c1-9-38(2)62(58(84)28-43(25-40-16-11-10-12-17-40)65(87)76-52(19-15-22-74-68(71)72)57(83)24-39(3)63(85)77-55(35-99-8)67(90)91)78-64(86)42(18-13-14-23-75-81-73)27-56(82)41-20-21-46(49(26-41)66(88)89)61-50-29-47-44(36-100(92,93)94)33-69(4,5)79-53(47)31-59(50)98-60-32-54-48(30-51(60)61)45(37-101(95,96)97)34-70(6,7)80-54/h10-12,16-17,20-21,26,29-34,38-39,42-43,52,55,62,79H,9,13-15,18-19,22-25,27-28,35-37H2,1-8H3,(H,76,87)(H,77,85)(H,78,86)(H,88,89)(H,90,91)(H4,71,72,74)(H,92,93,94)(H,95,96,97). The minimum absolute atomic E-state index is 0.00140. The summed E-state index contributed by atoms with van der Waals surface area (Å²) in [5, 5.41) is 36.5. The van der Waals surface area contributed by atoms with Crippen molar-refractivity contribution in [2.24, 2.45) is 50.2 Å². The predicted molar refractivity (Wildman–Crippen MR) is 383 cm³/mol. The summed E-state index contributed by atoms with van der Waals surface area (Å²) in [6.45, 7) is 12.1. The third-order valence-corrected chi connectivity index (χ3v) is 19.6. The van der Waals surface area contributed by atoms with Crippen molar-refractivity contribution in [2.75, 3.05) is 41.9 Å². The monoisotopic (exact) mass is 1450 g/mol. The summed E-state index contributed by atoms with van der Waals surface area (Å²) in [5.74, 6) is -12.2. The second kappa shape index (κ2) is 33.9. The number of aromatic carboxylic acids is 1. The molecule has 28 nitrogen and oxygen atoms in total. The highest BCUT2D eigenvalue weighted by Crippen LogP contribution is 2.45. The fourth-order valence-corrected chi connectivity index (χ4v) is 14.4. The lowest BCUT2D eigenvalue weighted by Gasteiger charge is -2.34. The van der Waals surface area contributed by atoms with Gasteiger partial charge in [-0.15, -0.1) is 0 Å². The number of ether oxygens (including phenoxy) is 1. The Morgan fingerprint density at radius 3 is 2.01 bits per heavy atom. The number of unbranched alkanes of at least 4 members (excludes halogenated alkanes) is 1. The Hall–Kier alpha value is -9.26. The Labute approximate surface area is 589 Å². The lowest BCUT2D eigenvalue weighted by molar-refractivity contribution is -0.142. The molecule has 0 radical (unpaired) electrons.